The predicted molar refractivity (Wildman–Crippen MR) is 116 cm³/mol. The lowest BCUT2D eigenvalue weighted by molar-refractivity contribution is 0.0846. The third-order valence-electron chi connectivity index (χ3n) is 4.57. The molecule has 1 heterocycles. The molecule has 0 aliphatic rings. The fraction of sp³-hybridized carbons (Fsp3) is 0.0870. The summed E-state index contributed by atoms with van der Waals surface area (Å²) in [6, 6.07) is 22.0. The maximum Gasteiger partial charge on any atom is 0.270 e. The van der Waals surface area contributed by atoms with Gasteiger partial charge in [-0.2, -0.15) is 0 Å². The third-order valence-corrected chi connectivity index (χ3v) is 5.44. The van der Waals surface area contributed by atoms with Gasteiger partial charge >= 0.3 is 0 Å². The molecule has 0 saturated heterocycles. The second-order valence-corrected chi connectivity index (χ2v) is 7.54. The second kappa shape index (κ2) is 8.84. The highest BCUT2D eigenvalue weighted by Crippen LogP contribution is 2.27. The van der Waals surface area contributed by atoms with Gasteiger partial charge in [-0.25, -0.2) is 4.98 Å². The minimum Gasteiger partial charge on any atom is -0.431 e. The average Bonchev–Trinajstić information content (AvgIpc) is 3.19. The first-order valence-electron chi connectivity index (χ1n) is 9.34. The number of fused-ring (bicyclic) bond motifs is 1. The summed E-state index contributed by atoms with van der Waals surface area (Å²) in [5.41, 5.74) is 9.14. The van der Waals surface area contributed by atoms with Gasteiger partial charge < -0.3 is 4.42 Å². The van der Waals surface area contributed by atoms with Crippen LogP contribution in [0.15, 0.2) is 82.4 Å². The molecule has 0 atom stereocenters. The molecule has 4 aromatic rings. The molecule has 3 aromatic carbocycles. The maximum atomic E-state index is 12.7. The van der Waals surface area contributed by atoms with Crippen molar-refractivity contribution in [2.24, 2.45) is 0 Å². The standard InChI is InChI=1S/C23H19N3O3S/c1-15-8-2-4-10-17(15)21(27)25-26-22(28)18-11-5-3-9-16(18)14-30-23-24-19-12-6-7-13-20(19)29-23/h2-13H,14H2,1H3,(H,25,27)(H,26,28). The van der Waals surface area contributed by atoms with Crippen molar-refractivity contribution in [3.05, 3.63) is 95.1 Å². The zero-order valence-corrected chi connectivity index (χ0v) is 17.0. The van der Waals surface area contributed by atoms with Crippen molar-refractivity contribution in [3.63, 3.8) is 0 Å². The Hall–Kier alpha value is -3.58. The number of benzene rings is 3. The van der Waals surface area contributed by atoms with E-state index in [1.165, 1.54) is 11.8 Å². The number of amides is 2. The van der Waals surface area contributed by atoms with Crippen LogP contribution in [0.1, 0.15) is 31.8 Å². The summed E-state index contributed by atoms with van der Waals surface area (Å²) in [6.45, 7) is 1.84. The summed E-state index contributed by atoms with van der Waals surface area (Å²) in [5, 5.41) is 0.541. The van der Waals surface area contributed by atoms with Crippen LogP contribution in [0, 0.1) is 6.92 Å². The molecule has 2 N–H and O–H groups in total. The summed E-state index contributed by atoms with van der Waals surface area (Å²) in [7, 11) is 0. The Kier molecular flexibility index (Phi) is 5.81. The van der Waals surface area contributed by atoms with E-state index in [1.807, 2.05) is 55.5 Å². The Morgan fingerprint density at radius 2 is 1.50 bits per heavy atom. The van der Waals surface area contributed by atoms with Crippen molar-refractivity contribution in [1.82, 2.24) is 15.8 Å². The van der Waals surface area contributed by atoms with Crippen molar-refractivity contribution < 1.29 is 14.0 Å². The van der Waals surface area contributed by atoms with Gasteiger partial charge in [0.25, 0.3) is 17.0 Å². The molecule has 150 valence electrons. The van der Waals surface area contributed by atoms with Crippen molar-refractivity contribution in [2.75, 3.05) is 0 Å². The molecule has 4 rings (SSSR count). The van der Waals surface area contributed by atoms with Gasteiger partial charge in [0.05, 0.1) is 0 Å². The van der Waals surface area contributed by atoms with E-state index in [1.54, 1.807) is 24.3 Å². The number of oxazole rings is 1. The molecular weight excluding hydrogens is 398 g/mol. The Balaban J connectivity index is 1.42. The lowest BCUT2D eigenvalue weighted by Crippen LogP contribution is -2.42. The van der Waals surface area contributed by atoms with E-state index in [0.717, 1.165) is 22.2 Å². The minimum atomic E-state index is -0.384. The lowest BCUT2D eigenvalue weighted by Gasteiger charge is -2.11. The molecule has 0 bridgehead atoms. The molecule has 0 spiro atoms. The molecule has 7 heteroatoms. The van der Waals surface area contributed by atoms with Gasteiger partial charge in [-0.15, -0.1) is 0 Å². The van der Waals surface area contributed by atoms with Crippen LogP contribution in [-0.2, 0) is 5.75 Å². The molecule has 0 fully saturated rings. The van der Waals surface area contributed by atoms with Crippen LogP contribution in [0.5, 0.6) is 0 Å². The summed E-state index contributed by atoms with van der Waals surface area (Å²) in [5.74, 6) is -0.243. The van der Waals surface area contributed by atoms with Gasteiger partial charge in [0.15, 0.2) is 5.58 Å². The maximum absolute atomic E-state index is 12.7. The van der Waals surface area contributed by atoms with E-state index in [-0.39, 0.29) is 11.8 Å². The molecule has 0 unspecified atom stereocenters. The van der Waals surface area contributed by atoms with Crippen molar-refractivity contribution in [1.29, 1.82) is 0 Å². The van der Waals surface area contributed by atoms with Gasteiger partial charge in [-0.1, -0.05) is 60.3 Å². The molecule has 0 saturated carbocycles. The third kappa shape index (κ3) is 4.36. The number of hydrogen-bond acceptors (Lipinski definition) is 5. The number of nitrogens with zero attached hydrogens (tertiary/aromatic N) is 1. The number of aryl methyl sites for hydroxylation is 1. The van der Waals surface area contributed by atoms with E-state index in [9.17, 15) is 9.59 Å². The van der Waals surface area contributed by atoms with Crippen LogP contribution in [-0.4, -0.2) is 16.8 Å². The molecule has 30 heavy (non-hydrogen) atoms. The zero-order chi connectivity index (χ0) is 20.9. The quantitative estimate of drug-likeness (QED) is 0.369. The van der Waals surface area contributed by atoms with Crippen LogP contribution < -0.4 is 10.9 Å². The van der Waals surface area contributed by atoms with Crippen molar-refractivity contribution in [3.8, 4) is 0 Å². The fourth-order valence-electron chi connectivity index (χ4n) is 3.00. The first-order chi connectivity index (χ1) is 14.6. The van der Waals surface area contributed by atoms with Crippen molar-refractivity contribution >= 4 is 34.7 Å². The van der Waals surface area contributed by atoms with Gasteiger partial charge in [0.1, 0.15) is 5.52 Å². The number of aromatic nitrogens is 1. The Labute approximate surface area is 177 Å². The molecular formula is C23H19N3O3S. The highest BCUT2D eigenvalue weighted by Gasteiger charge is 2.15. The van der Waals surface area contributed by atoms with Gasteiger partial charge in [-0.05, 0) is 42.3 Å². The van der Waals surface area contributed by atoms with Gasteiger partial charge in [-0.3, -0.25) is 20.4 Å². The number of thioether (sulfide) groups is 1. The number of carbonyl (C=O) groups is 2. The topological polar surface area (TPSA) is 84.2 Å². The van der Waals surface area contributed by atoms with Crippen LogP contribution in [0.4, 0.5) is 0 Å². The fourth-order valence-corrected chi connectivity index (χ4v) is 3.84. The first kappa shape index (κ1) is 19.7. The van der Waals surface area contributed by atoms with E-state index >= 15 is 0 Å². The second-order valence-electron chi connectivity index (χ2n) is 6.62. The molecule has 0 radical (unpaired) electrons. The Bertz CT molecular complexity index is 1190. The number of rotatable bonds is 5. The summed E-state index contributed by atoms with van der Waals surface area (Å²) >= 11 is 1.41. The molecule has 2 amide bonds. The minimum absolute atomic E-state index is 0.361. The predicted octanol–water partition coefficient (Wildman–Crippen LogP) is 4.50. The first-order valence-corrected chi connectivity index (χ1v) is 10.3. The summed E-state index contributed by atoms with van der Waals surface area (Å²) in [6.07, 6.45) is 0. The van der Waals surface area contributed by atoms with Crippen LogP contribution >= 0.6 is 11.8 Å². The highest BCUT2D eigenvalue weighted by molar-refractivity contribution is 7.98. The van der Waals surface area contributed by atoms with Gasteiger partial charge in [0.2, 0.25) is 0 Å². The molecule has 0 aliphatic heterocycles. The number of hydrazine groups is 1. The Morgan fingerprint density at radius 3 is 2.27 bits per heavy atom. The van der Waals surface area contributed by atoms with Crippen LogP contribution in [0.2, 0.25) is 0 Å². The largest absolute Gasteiger partial charge is 0.431 e. The zero-order valence-electron chi connectivity index (χ0n) is 16.2. The molecule has 0 aliphatic carbocycles. The number of para-hydroxylation sites is 2. The summed E-state index contributed by atoms with van der Waals surface area (Å²) < 4.78 is 5.72. The average molecular weight is 417 g/mol. The smallest absolute Gasteiger partial charge is 0.270 e. The molecule has 6 nitrogen and oxygen atoms in total. The molecule has 1 aromatic heterocycles. The van der Waals surface area contributed by atoms with E-state index in [4.69, 9.17) is 4.42 Å². The summed E-state index contributed by atoms with van der Waals surface area (Å²) in [4.78, 5) is 29.4. The van der Waals surface area contributed by atoms with E-state index < -0.39 is 0 Å². The monoisotopic (exact) mass is 417 g/mol. The van der Waals surface area contributed by atoms with Crippen LogP contribution in [0.25, 0.3) is 11.1 Å². The number of nitrogens with one attached hydrogen (secondary N) is 2. The van der Waals surface area contributed by atoms with E-state index in [2.05, 4.69) is 15.8 Å². The number of carbonyl (C=O) groups excluding carboxylic acids is 2. The number of hydrogen-bond donors (Lipinski definition) is 2. The van der Waals surface area contributed by atoms with Crippen LogP contribution in [0.3, 0.4) is 0 Å². The highest BCUT2D eigenvalue weighted by atomic mass is 32.2. The SMILES string of the molecule is Cc1ccccc1C(=O)NNC(=O)c1ccccc1CSc1nc2ccccc2o1. The lowest BCUT2D eigenvalue weighted by atomic mass is 10.1. The van der Waals surface area contributed by atoms with Crippen molar-refractivity contribution in [2.45, 2.75) is 17.9 Å². The van der Waals surface area contributed by atoms with E-state index in [0.29, 0.717) is 22.1 Å². The Morgan fingerprint density at radius 1 is 0.867 bits per heavy atom. The normalized spacial score (nSPS) is 10.7. The van der Waals surface area contributed by atoms with Gasteiger partial charge in [0, 0.05) is 16.9 Å².